The van der Waals surface area contributed by atoms with Gasteiger partial charge in [-0.1, -0.05) is 44.3 Å². The molecule has 2 aliphatic rings. The molecule has 0 fully saturated rings. The molecule has 1 aliphatic carbocycles. The summed E-state index contributed by atoms with van der Waals surface area (Å²) in [7, 11) is 1.47. The van der Waals surface area contributed by atoms with Crippen molar-refractivity contribution in [2.45, 2.75) is 77.0 Å². The molecule has 144 valence electrons. The molecule has 0 atom stereocenters. The molecule has 4 heteroatoms. The summed E-state index contributed by atoms with van der Waals surface area (Å²) >= 11 is 0. The van der Waals surface area contributed by atoms with Crippen molar-refractivity contribution in [2.75, 3.05) is 13.7 Å². The number of Topliss-reactive ketones (excluding diaryl/α,β-unsaturated/α-hetero) is 1. The minimum absolute atomic E-state index is 0.0701. The van der Waals surface area contributed by atoms with Crippen LogP contribution >= 0.6 is 0 Å². The maximum atomic E-state index is 12.7. The quantitative estimate of drug-likeness (QED) is 0.541. The Labute approximate surface area is 157 Å². The van der Waals surface area contributed by atoms with Crippen molar-refractivity contribution in [2.24, 2.45) is 0 Å². The summed E-state index contributed by atoms with van der Waals surface area (Å²) < 4.78 is 5.24. The number of ether oxygens (including phenoxy) is 1. The Morgan fingerprint density at radius 2 is 1.46 bits per heavy atom. The van der Waals surface area contributed by atoms with Crippen LogP contribution in [0.5, 0.6) is 0 Å². The highest BCUT2D eigenvalue weighted by Gasteiger charge is 2.28. The van der Waals surface area contributed by atoms with E-state index in [1.165, 1.54) is 51.7 Å². The van der Waals surface area contributed by atoms with Gasteiger partial charge in [0.15, 0.2) is 5.76 Å². The molecule has 0 saturated carbocycles. The van der Waals surface area contributed by atoms with E-state index in [-0.39, 0.29) is 17.3 Å². The fourth-order valence-electron chi connectivity index (χ4n) is 3.55. The third-order valence-corrected chi connectivity index (χ3v) is 5.07. The molecule has 0 aromatic heterocycles. The van der Waals surface area contributed by atoms with Gasteiger partial charge in [0.25, 0.3) is 0 Å². The summed E-state index contributed by atoms with van der Waals surface area (Å²) in [5.74, 6) is -0.0331. The molecule has 1 aliphatic heterocycles. The molecule has 0 unspecified atom stereocenters. The number of fused-ring (bicyclic) bond motifs is 2. The number of nitrogens with one attached hydrogen (secondary N) is 1. The van der Waals surface area contributed by atoms with Gasteiger partial charge in [0, 0.05) is 18.2 Å². The number of rotatable bonds is 1. The Balaban J connectivity index is 1.99. The number of carbonyl (C=O) groups is 2. The van der Waals surface area contributed by atoms with Crippen LogP contribution in [0.4, 0.5) is 0 Å². The van der Waals surface area contributed by atoms with Crippen LogP contribution in [0.15, 0.2) is 35.3 Å². The molecule has 4 nitrogen and oxygen atoms in total. The standard InChI is InChI=1S/C22H33NO3/c1-26-22-18-15-13-11-9-7-5-3-2-4-6-8-10-12-14-16-23-19(21(18)25)17-20(22)24/h6,8,17,23H,2-5,7,9-16H2,1H3/b8-6-. The van der Waals surface area contributed by atoms with E-state index in [9.17, 15) is 9.59 Å². The fraction of sp³-hybridized carbons (Fsp3) is 0.636. The van der Waals surface area contributed by atoms with Gasteiger partial charge in [-0.3, -0.25) is 9.59 Å². The smallest absolute Gasteiger partial charge is 0.222 e. The van der Waals surface area contributed by atoms with Crippen LogP contribution in [0, 0.1) is 0 Å². The lowest BCUT2D eigenvalue weighted by Crippen LogP contribution is -2.29. The van der Waals surface area contributed by atoms with Gasteiger partial charge in [-0.2, -0.15) is 0 Å². The first kappa shape index (κ1) is 20.5. The first-order chi connectivity index (χ1) is 12.7. The van der Waals surface area contributed by atoms with Crippen molar-refractivity contribution in [3.63, 3.8) is 0 Å². The zero-order valence-electron chi connectivity index (χ0n) is 16.1. The van der Waals surface area contributed by atoms with E-state index in [1.807, 2.05) is 0 Å². The third-order valence-electron chi connectivity index (χ3n) is 5.07. The van der Waals surface area contributed by atoms with Crippen LogP contribution < -0.4 is 5.32 Å². The maximum Gasteiger partial charge on any atom is 0.222 e. The first-order valence-corrected chi connectivity index (χ1v) is 10.2. The highest BCUT2D eigenvalue weighted by Crippen LogP contribution is 2.24. The zero-order valence-corrected chi connectivity index (χ0v) is 16.1. The highest BCUT2D eigenvalue weighted by atomic mass is 16.5. The molecule has 2 rings (SSSR count). The topological polar surface area (TPSA) is 55.4 Å². The minimum Gasteiger partial charge on any atom is -0.492 e. The zero-order chi connectivity index (χ0) is 18.6. The Kier molecular flexibility index (Phi) is 9.22. The molecule has 0 saturated heterocycles. The minimum atomic E-state index is -0.196. The second kappa shape index (κ2) is 11.7. The monoisotopic (exact) mass is 359 g/mol. The fourth-order valence-corrected chi connectivity index (χ4v) is 3.55. The van der Waals surface area contributed by atoms with E-state index in [1.54, 1.807) is 0 Å². The SMILES string of the molecule is COC1=C2CCCCCCCCC/C=C\CCCCNC(=CC1=O)C2=O. The van der Waals surface area contributed by atoms with Gasteiger partial charge in [0.1, 0.15) is 0 Å². The van der Waals surface area contributed by atoms with Gasteiger partial charge >= 0.3 is 0 Å². The van der Waals surface area contributed by atoms with E-state index >= 15 is 0 Å². The average molecular weight is 360 g/mol. The van der Waals surface area contributed by atoms with E-state index in [4.69, 9.17) is 4.74 Å². The molecule has 1 heterocycles. The number of allylic oxidation sites excluding steroid dienone is 4. The van der Waals surface area contributed by atoms with Crippen molar-refractivity contribution in [1.29, 1.82) is 0 Å². The molecule has 1 N–H and O–H groups in total. The van der Waals surface area contributed by atoms with Gasteiger partial charge in [-0.25, -0.2) is 0 Å². The predicted molar refractivity (Wildman–Crippen MR) is 105 cm³/mol. The van der Waals surface area contributed by atoms with E-state index in [0.717, 1.165) is 32.1 Å². The maximum absolute atomic E-state index is 12.7. The van der Waals surface area contributed by atoms with Gasteiger partial charge < -0.3 is 10.1 Å². The van der Waals surface area contributed by atoms with Gasteiger partial charge in [-0.15, -0.1) is 0 Å². The van der Waals surface area contributed by atoms with Crippen molar-refractivity contribution >= 4 is 11.6 Å². The van der Waals surface area contributed by atoms with Crippen molar-refractivity contribution in [1.82, 2.24) is 5.32 Å². The van der Waals surface area contributed by atoms with Gasteiger partial charge in [-0.05, 0) is 44.9 Å². The van der Waals surface area contributed by atoms with Crippen LogP contribution in [0.3, 0.4) is 0 Å². The molecule has 0 spiro atoms. The Morgan fingerprint density at radius 1 is 0.846 bits per heavy atom. The Hall–Kier alpha value is -1.84. The lowest BCUT2D eigenvalue weighted by molar-refractivity contribution is -0.118. The predicted octanol–water partition coefficient (Wildman–Crippen LogP) is 4.76. The average Bonchev–Trinajstić information content (AvgIpc) is 2.63. The summed E-state index contributed by atoms with van der Waals surface area (Å²) in [6.45, 7) is 0.717. The van der Waals surface area contributed by atoms with Crippen LogP contribution in [0.2, 0.25) is 0 Å². The molecule has 26 heavy (non-hydrogen) atoms. The normalized spacial score (nSPS) is 23.2. The highest BCUT2D eigenvalue weighted by molar-refractivity contribution is 6.21. The number of carbonyl (C=O) groups excluding carboxylic acids is 2. The second-order valence-corrected chi connectivity index (χ2v) is 7.17. The van der Waals surface area contributed by atoms with Crippen molar-refractivity contribution in [3.8, 4) is 0 Å². The van der Waals surface area contributed by atoms with Gasteiger partial charge in [0.2, 0.25) is 11.6 Å². The number of methoxy groups -OCH3 is 1. The van der Waals surface area contributed by atoms with E-state index in [2.05, 4.69) is 17.5 Å². The molecule has 0 amide bonds. The summed E-state index contributed by atoms with van der Waals surface area (Å²) in [5.41, 5.74) is 0.975. The lowest BCUT2D eigenvalue weighted by Gasteiger charge is -2.19. The van der Waals surface area contributed by atoms with Crippen LogP contribution in [-0.4, -0.2) is 25.2 Å². The van der Waals surface area contributed by atoms with E-state index < -0.39 is 0 Å². The molecular formula is C22H33NO3. The summed E-state index contributed by atoms with van der Waals surface area (Å²) in [4.78, 5) is 25.0. The largest absolute Gasteiger partial charge is 0.492 e. The van der Waals surface area contributed by atoms with Crippen LogP contribution in [0.1, 0.15) is 77.0 Å². The number of ketones is 2. The Morgan fingerprint density at radius 3 is 2.15 bits per heavy atom. The molecule has 0 aromatic carbocycles. The summed E-state index contributed by atoms with van der Waals surface area (Å²) in [6.07, 6.45) is 19.3. The summed E-state index contributed by atoms with van der Waals surface area (Å²) in [6, 6.07) is 0. The Bertz CT molecular complexity index is 572. The van der Waals surface area contributed by atoms with Crippen molar-refractivity contribution in [3.05, 3.63) is 35.3 Å². The van der Waals surface area contributed by atoms with E-state index in [0.29, 0.717) is 24.2 Å². The summed E-state index contributed by atoms with van der Waals surface area (Å²) in [5, 5.41) is 3.17. The van der Waals surface area contributed by atoms with Crippen LogP contribution in [0.25, 0.3) is 0 Å². The second-order valence-electron chi connectivity index (χ2n) is 7.17. The molecule has 0 radical (unpaired) electrons. The lowest BCUT2D eigenvalue weighted by atomic mass is 9.93. The number of hydrogen-bond acceptors (Lipinski definition) is 4. The van der Waals surface area contributed by atoms with Gasteiger partial charge in [0.05, 0.1) is 12.8 Å². The molecule has 0 aromatic rings. The number of hydrogen-bond donors (Lipinski definition) is 1. The van der Waals surface area contributed by atoms with Crippen LogP contribution in [-0.2, 0) is 14.3 Å². The molecular weight excluding hydrogens is 326 g/mol. The first-order valence-electron chi connectivity index (χ1n) is 10.2. The molecule has 2 bridgehead atoms. The van der Waals surface area contributed by atoms with Crippen molar-refractivity contribution < 1.29 is 14.3 Å². The third kappa shape index (κ3) is 6.47.